The molecule has 1 aromatic carbocycles. The van der Waals surface area contributed by atoms with Crippen molar-refractivity contribution in [1.29, 1.82) is 0 Å². The van der Waals surface area contributed by atoms with Gasteiger partial charge in [-0.2, -0.15) is 0 Å². The lowest BCUT2D eigenvalue weighted by molar-refractivity contribution is -0.0433. The van der Waals surface area contributed by atoms with Crippen molar-refractivity contribution in [2.24, 2.45) is 5.92 Å². The molecule has 4 heteroatoms. The fraction of sp³-hybridized carbons (Fsp3) is 0.417. The van der Waals surface area contributed by atoms with Gasteiger partial charge in [-0.1, -0.05) is 15.9 Å². The number of ether oxygens (including phenoxy) is 1. The minimum absolute atomic E-state index is 0.161. The van der Waals surface area contributed by atoms with E-state index >= 15 is 0 Å². The third-order valence-electron chi connectivity index (χ3n) is 3.13. The molecule has 0 N–H and O–H groups in total. The number of benzene rings is 1. The highest BCUT2D eigenvalue weighted by Crippen LogP contribution is 2.27. The molecular formula is C12H12BrNO2. The number of hydrogen-bond acceptors (Lipinski definition) is 2. The monoisotopic (exact) mass is 281 g/mol. The van der Waals surface area contributed by atoms with Gasteiger partial charge in [0.15, 0.2) is 0 Å². The van der Waals surface area contributed by atoms with Crippen LogP contribution in [0, 0.1) is 5.92 Å². The second-order valence-corrected chi connectivity index (χ2v) is 5.31. The van der Waals surface area contributed by atoms with Crippen LogP contribution < -0.4 is 0 Å². The van der Waals surface area contributed by atoms with Crippen LogP contribution in [0.25, 0.3) is 0 Å². The lowest BCUT2D eigenvalue weighted by atomic mass is 10.1. The van der Waals surface area contributed by atoms with Gasteiger partial charge in [0.2, 0.25) is 0 Å². The zero-order valence-electron chi connectivity index (χ0n) is 8.78. The lowest BCUT2D eigenvalue weighted by Crippen LogP contribution is -2.39. The molecule has 3 rings (SSSR count). The van der Waals surface area contributed by atoms with Gasteiger partial charge in [0.1, 0.15) is 0 Å². The topological polar surface area (TPSA) is 29.5 Å². The molecule has 0 atom stereocenters. The van der Waals surface area contributed by atoms with Crippen molar-refractivity contribution in [2.45, 2.75) is 6.54 Å². The van der Waals surface area contributed by atoms with Gasteiger partial charge < -0.3 is 9.64 Å². The maximum absolute atomic E-state index is 12.1. The fourth-order valence-corrected chi connectivity index (χ4v) is 2.61. The molecule has 1 amide bonds. The molecule has 1 aromatic rings. The van der Waals surface area contributed by atoms with E-state index in [1.807, 2.05) is 23.1 Å². The van der Waals surface area contributed by atoms with Gasteiger partial charge in [-0.15, -0.1) is 0 Å². The summed E-state index contributed by atoms with van der Waals surface area (Å²) in [5.74, 6) is 0.691. The molecule has 1 saturated heterocycles. The second-order valence-electron chi connectivity index (χ2n) is 4.39. The summed E-state index contributed by atoms with van der Waals surface area (Å²) in [4.78, 5) is 14.0. The molecule has 84 valence electrons. The third-order valence-corrected chi connectivity index (χ3v) is 3.63. The van der Waals surface area contributed by atoms with Gasteiger partial charge in [-0.3, -0.25) is 4.79 Å². The van der Waals surface area contributed by atoms with Crippen molar-refractivity contribution in [3.05, 3.63) is 33.8 Å². The maximum atomic E-state index is 12.1. The zero-order chi connectivity index (χ0) is 11.1. The summed E-state index contributed by atoms with van der Waals surface area (Å²) in [6, 6.07) is 5.86. The summed E-state index contributed by atoms with van der Waals surface area (Å²) in [6.45, 7) is 3.16. The summed E-state index contributed by atoms with van der Waals surface area (Å²) in [5.41, 5.74) is 1.98. The molecule has 0 bridgehead atoms. The molecule has 0 aliphatic carbocycles. The third kappa shape index (κ3) is 1.66. The molecule has 2 aliphatic rings. The quantitative estimate of drug-likeness (QED) is 0.831. The van der Waals surface area contributed by atoms with Gasteiger partial charge in [0.05, 0.1) is 13.2 Å². The molecule has 0 radical (unpaired) electrons. The highest BCUT2D eigenvalue weighted by Gasteiger charge is 2.31. The number of halogens is 1. The Bertz CT molecular complexity index is 443. The summed E-state index contributed by atoms with van der Waals surface area (Å²) in [5, 5.41) is 0. The smallest absolute Gasteiger partial charge is 0.254 e. The Morgan fingerprint density at radius 3 is 2.94 bits per heavy atom. The molecular weight excluding hydrogens is 270 g/mol. The minimum Gasteiger partial charge on any atom is -0.381 e. The molecule has 16 heavy (non-hydrogen) atoms. The Kier molecular flexibility index (Phi) is 2.48. The van der Waals surface area contributed by atoms with Crippen LogP contribution in [0.5, 0.6) is 0 Å². The average Bonchev–Trinajstić information content (AvgIpc) is 2.49. The lowest BCUT2D eigenvalue weighted by Gasteiger charge is -2.30. The molecule has 0 unspecified atom stereocenters. The first-order chi connectivity index (χ1) is 7.74. The van der Waals surface area contributed by atoms with Crippen LogP contribution >= 0.6 is 15.9 Å². The van der Waals surface area contributed by atoms with Gasteiger partial charge in [0.25, 0.3) is 5.91 Å². The fourth-order valence-electron chi connectivity index (χ4n) is 2.20. The van der Waals surface area contributed by atoms with Crippen molar-refractivity contribution in [3.8, 4) is 0 Å². The van der Waals surface area contributed by atoms with Crippen LogP contribution in [0.15, 0.2) is 22.7 Å². The molecule has 3 nitrogen and oxygen atoms in total. The number of rotatable bonds is 2. The van der Waals surface area contributed by atoms with Crippen LogP contribution in [0.2, 0.25) is 0 Å². The van der Waals surface area contributed by atoms with E-state index in [4.69, 9.17) is 4.74 Å². The van der Waals surface area contributed by atoms with Gasteiger partial charge in [0, 0.05) is 29.0 Å². The van der Waals surface area contributed by atoms with Crippen molar-refractivity contribution < 1.29 is 9.53 Å². The molecule has 0 spiro atoms. The van der Waals surface area contributed by atoms with E-state index in [1.54, 1.807) is 0 Å². The van der Waals surface area contributed by atoms with Gasteiger partial charge in [-0.05, 0) is 23.8 Å². The Morgan fingerprint density at radius 1 is 1.44 bits per heavy atom. The predicted octanol–water partition coefficient (Wildman–Crippen LogP) is 2.05. The summed E-state index contributed by atoms with van der Waals surface area (Å²) in [6.07, 6.45) is 0. The first-order valence-corrected chi connectivity index (χ1v) is 6.19. The van der Waals surface area contributed by atoms with E-state index < -0.39 is 0 Å². The van der Waals surface area contributed by atoms with E-state index in [0.717, 1.165) is 41.9 Å². The van der Waals surface area contributed by atoms with E-state index in [0.29, 0.717) is 5.92 Å². The average molecular weight is 282 g/mol. The summed E-state index contributed by atoms with van der Waals surface area (Å²) < 4.78 is 6.17. The largest absolute Gasteiger partial charge is 0.381 e. The molecule has 2 aliphatic heterocycles. The molecule has 2 heterocycles. The van der Waals surface area contributed by atoms with Crippen LogP contribution in [-0.4, -0.2) is 30.6 Å². The Balaban J connectivity index is 1.79. The summed E-state index contributed by atoms with van der Waals surface area (Å²) >= 11 is 3.43. The van der Waals surface area contributed by atoms with Gasteiger partial charge >= 0.3 is 0 Å². The molecule has 0 aromatic heterocycles. The number of fused-ring (bicyclic) bond motifs is 1. The van der Waals surface area contributed by atoms with Crippen LogP contribution in [0.1, 0.15) is 15.9 Å². The highest BCUT2D eigenvalue weighted by molar-refractivity contribution is 9.10. The maximum Gasteiger partial charge on any atom is 0.254 e. The first-order valence-electron chi connectivity index (χ1n) is 5.39. The first kappa shape index (κ1) is 10.3. The van der Waals surface area contributed by atoms with Crippen LogP contribution in [-0.2, 0) is 11.3 Å². The minimum atomic E-state index is 0.161. The predicted molar refractivity (Wildman–Crippen MR) is 63.2 cm³/mol. The number of carbonyl (C=O) groups excluding carboxylic acids is 1. The van der Waals surface area contributed by atoms with E-state index in [1.165, 1.54) is 0 Å². The van der Waals surface area contributed by atoms with Crippen molar-refractivity contribution in [2.75, 3.05) is 19.8 Å². The van der Waals surface area contributed by atoms with Crippen molar-refractivity contribution in [3.63, 3.8) is 0 Å². The van der Waals surface area contributed by atoms with Crippen molar-refractivity contribution in [1.82, 2.24) is 4.90 Å². The Hall–Kier alpha value is -0.870. The Morgan fingerprint density at radius 2 is 2.25 bits per heavy atom. The van der Waals surface area contributed by atoms with Gasteiger partial charge in [-0.25, -0.2) is 0 Å². The highest BCUT2D eigenvalue weighted by atomic mass is 79.9. The molecule has 1 fully saturated rings. The van der Waals surface area contributed by atoms with E-state index in [-0.39, 0.29) is 5.91 Å². The standard InChI is InChI=1S/C12H12BrNO2/c13-10-1-2-11-9(3-10)5-14(12(11)15)4-8-6-16-7-8/h1-3,8H,4-7H2. The normalized spacial score (nSPS) is 19.8. The number of amides is 1. The van der Waals surface area contributed by atoms with E-state index in [9.17, 15) is 4.79 Å². The zero-order valence-corrected chi connectivity index (χ0v) is 10.4. The number of hydrogen-bond donors (Lipinski definition) is 0. The van der Waals surface area contributed by atoms with Crippen LogP contribution in [0.3, 0.4) is 0 Å². The SMILES string of the molecule is O=C1c2ccc(Br)cc2CN1CC1COC1. The van der Waals surface area contributed by atoms with Crippen LogP contribution in [0.4, 0.5) is 0 Å². The summed E-state index contributed by atoms with van der Waals surface area (Å²) in [7, 11) is 0. The second kappa shape index (κ2) is 3.86. The Labute approximate surface area is 103 Å². The molecule has 0 saturated carbocycles. The number of nitrogens with zero attached hydrogens (tertiary/aromatic N) is 1. The van der Waals surface area contributed by atoms with Crippen molar-refractivity contribution >= 4 is 21.8 Å². The van der Waals surface area contributed by atoms with E-state index in [2.05, 4.69) is 15.9 Å². The number of carbonyl (C=O) groups is 1.